The third-order valence-corrected chi connectivity index (χ3v) is 5.04. The Morgan fingerprint density at radius 2 is 2.00 bits per heavy atom. The van der Waals surface area contributed by atoms with Crippen LogP contribution in [0, 0.1) is 11.3 Å². The summed E-state index contributed by atoms with van der Waals surface area (Å²) in [4.78, 5) is 21.2. The molecule has 1 amide bonds. The van der Waals surface area contributed by atoms with Gasteiger partial charge in [-0.05, 0) is 31.2 Å². The number of hydrogen-bond acceptors (Lipinski definition) is 6. The average molecular weight is 341 g/mol. The number of rotatable bonds is 4. The third-order valence-electron chi connectivity index (χ3n) is 4.21. The summed E-state index contributed by atoms with van der Waals surface area (Å²) < 4.78 is 0. The van der Waals surface area contributed by atoms with Crippen molar-refractivity contribution in [2.24, 2.45) is 0 Å². The molecular weight excluding hydrogens is 322 g/mol. The van der Waals surface area contributed by atoms with Gasteiger partial charge in [-0.2, -0.15) is 5.26 Å². The van der Waals surface area contributed by atoms with Gasteiger partial charge >= 0.3 is 0 Å². The van der Waals surface area contributed by atoms with E-state index in [0.29, 0.717) is 11.3 Å². The van der Waals surface area contributed by atoms with Crippen LogP contribution in [0.2, 0.25) is 0 Å². The Kier molecular flexibility index (Phi) is 5.08. The summed E-state index contributed by atoms with van der Waals surface area (Å²) in [5.41, 5.74) is 1.30. The molecule has 0 aliphatic carbocycles. The minimum absolute atomic E-state index is 0.0255. The number of amides is 1. The van der Waals surface area contributed by atoms with Crippen LogP contribution in [0.1, 0.15) is 12.5 Å². The molecule has 1 unspecified atom stereocenters. The highest BCUT2D eigenvalue weighted by atomic mass is 32.1. The van der Waals surface area contributed by atoms with E-state index in [1.807, 2.05) is 18.5 Å². The summed E-state index contributed by atoms with van der Waals surface area (Å²) in [7, 11) is 0. The lowest BCUT2D eigenvalue weighted by atomic mass is 10.2. The van der Waals surface area contributed by atoms with Crippen molar-refractivity contribution >= 4 is 28.1 Å². The van der Waals surface area contributed by atoms with Gasteiger partial charge in [0, 0.05) is 43.4 Å². The summed E-state index contributed by atoms with van der Waals surface area (Å²) in [6.45, 7) is 5.35. The molecule has 1 fully saturated rings. The molecule has 6 nitrogen and oxygen atoms in total. The first-order valence-corrected chi connectivity index (χ1v) is 8.75. The van der Waals surface area contributed by atoms with Gasteiger partial charge in [0.15, 0.2) is 5.13 Å². The van der Waals surface area contributed by atoms with E-state index < -0.39 is 0 Å². The molecule has 1 aliphatic rings. The van der Waals surface area contributed by atoms with Crippen LogP contribution in [0.3, 0.4) is 0 Å². The Balaban J connectivity index is 1.53. The maximum atomic E-state index is 12.4. The first-order valence-electron chi connectivity index (χ1n) is 7.87. The first-order chi connectivity index (χ1) is 11.7. The zero-order chi connectivity index (χ0) is 16.9. The van der Waals surface area contributed by atoms with E-state index in [0.717, 1.165) is 31.3 Å². The molecule has 2 heterocycles. The average Bonchev–Trinajstić information content (AvgIpc) is 3.16. The number of carbonyl (C=O) groups excluding carboxylic acids is 1. The third kappa shape index (κ3) is 3.72. The smallest absolute Gasteiger partial charge is 0.241 e. The number of benzene rings is 1. The van der Waals surface area contributed by atoms with Crippen LogP contribution in [0.4, 0.5) is 10.8 Å². The van der Waals surface area contributed by atoms with Gasteiger partial charge in [-0.25, -0.2) is 4.98 Å². The molecule has 2 aromatic rings. The van der Waals surface area contributed by atoms with Crippen molar-refractivity contribution in [3.8, 4) is 6.07 Å². The molecule has 1 aromatic heterocycles. The van der Waals surface area contributed by atoms with E-state index in [1.54, 1.807) is 35.6 Å². The quantitative estimate of drug-likeness (QED) is 0.923. The fourth-order valence-corrected chi connectivity index (χ4v) is 3.41. The second kappa shape index (κ2) is 7.43. The molecule has 0 radical (unpaired) electrons. The van der Waals surface area contributed by atoms with Crippen molar-refractivity contribution < 1.29 is 4.79 Å². The van der Waals surface area contributed by atoms with Crippen molar-refractivity contribution in [3.63, 3.8) is 0 Å². The molecule has 1 atom stereocenters. The number of aromatic nitrogens is 1. The molecule has 0 spiro atoms. The normalized spacial score (nSPS) is 16.4. The van der Waals surface area contributed by atoms with E-state index in [9.17, 15) is 4.79 Å². The Morgan fingerprint density at radius 1 is 1.29 bits per heavy atom. The van der Waals surface area contributed by atoms with Gasteiger partial charge in [0.2, 0.25) is 5.91 Å². The Labute approximate surface area is 145 Å². The lowest BCUT2D eigenvalue weighted by molar-refractivity contribution is -0.120. The number of nitriles is 1. The lowest BCUT2D eigenvalue weighted by Crippen LogP contribution is -2.52. The number of nitrogens with zero attached hydrogens (tertiary/aromatic N) is 4. The largest absolute Gasteiger partial charge is 0.346 e. The number of carbonyl (C=O) groups is 1. The van der Waals surface area contributed by atoms with E-state index >= 15 is 0 Å². The van der Waals surface area contributed by atoms with Gasteiger partial charge in [0.05, 0.1) is 17.7 Å². The fourth-order valence-electron chi connectivity index (χ4n) is 2.71. The minimum Gasteiger partial charge on any atom is -0.346 e. The zero-order valence-corrected chi connectivity index (χ0v) is 14.3. The van der Waals surface area contributed by atoms with Crippen LogP contribution in [-0.2, 0) is 4.79 Å². The molecule has 7 heteroatoms. The predicted molar refractivity (Wildman–Crippen MR) is 95.1 cm³/mol. The van der Waals surface area contributed by atoms with Crippen LogP contribution in [0.15, 0.2) is 35.8 Å². The van der Waals surface area contributed by atoms with Gasteiger partial charge in [-0.1, -0.05) is 0 Å². The summed E-state index contributed by atoms with van der Waals surface area (Å²) in [5.74, 6) is -0.0255. The predicted octanol–water partition coefficient (Wildman–Crippen LogP) is 2.16. The number of anilines is 2. The Hall–Kier alpha value is -2.43. The maximum Gasteiger partial charge on any atom is 0.241 e. The van der Waals surface area contributed by atoms with Crippen LogP contribution in [0.25, 0.3) is 0 Å². The highest BCUT2D eigenvalue weighted by Crippen LogP contribution is 2.20. The van der Waals surface area contributed by atoms with Gasteiger partial charge in [-0.3, -0.25) is 9.69 Å². The van der Waals surface area contributed by atoms with E-state index in [2.05, 4.69) is 26.2 Å². The van der Waals surface area contributed by atoms with Crippen LogP contribution >= 0.6 is 11.3 Å². The summed E-state index contributed by atoms with van der Waals surface area (Å²) >= 11 is 1.64. The minimum atomic E-state index is -0.195. The fraction of sp³-hybridized carbons (Fsp3) is 0.353. The van der Waals surface area contributed by atoms with Crippen LogP contribution in [-0.4, -0.2) is 48.0 Å². The highest BCUT2D eigenvalue weighted by molar-refractivity contribution is 7.13. The second-order valence-electron chi connectivity index (χ2n) is 5.69. The van der Waals surface area contributed by atoms with Crippen molar-refractivity contribution in [2.75, 3.05) is 36.4 Å². The van der Waals surface area contributed by atoms with Crippen molar-refractivity contribution in [3.05, 3.63) is 41.4 Å². The molecule has 1 N–H and O–H groups in total. The van der Waals surface area contributed by atoms with Crippen molar-refractivity contribution in [2.45, 2.75) is 13.0 Å². The molecule has 1 aromatic carbocycles. The second-order valence-corrected chi connectivity index (χ2v) is 6.57. The summed E-state index contributed by atoms with van der Waals surface area (Å²) in [6, 6.07) is 8.78. The highest BCUT2D eigenvalue weighted by Gasteiger charge is 2.26. The monoisotopic (exact) mass is 341 g/mol. The number of hydrogen-bond donors (Lipinski definition) is 1. The Morgan fingerprint density at radius 3 is 2.58 bits per heavy atom. The van der Waals surface area contributed by atoms with Crippen LogP contribution in [0.5, 0.6) is 0 Å². The molecule has 1 aliphatic heterocycles. The maximum absolute atomic E-state index is 12.4. The molecular formula is C17H19N5OS. The van der Waals surface area contributed by atoms with Gasteiger partial charge in [-0.15, -0.1) is 11.3 Å². The molecule has 0 saturated carbocycles. The Bertz CT molecular complexity index is 714. The number of thiazole rings is 1. The summed E-state index contributed by atoms with van der Waals surface area (Å²) in [6.07, 6.45) is 1.82. The lowest BCUT2D eigenvalue weighted by Gasteiger charge is -2.37. The molecule has 124 valence electrons. The van der Waals surface area contributed by atoms with E-state index in [1.165, 1.54) is 0 Å². The van der Waals surface area contributed by atoms with Crippen LogP contribution < -0.4 is 10.2 Å². The molecule has 0 bridgehead atoms. The molecule has 3 rings (SSSR count). The SMILES string of the molecule is CC(C(=O)Nc1ccc(C#N)cc1)N1CCN(c2nccs2)CC1. The van der Waals surface area contributed by atoms with Crippen molar-refractivity contribution in [1.82, 2.24) is 9.88 Å². The topological polar surface area (TPSA) is 72.3 Å². The van der Waals surface area contributed by atoms with Crippen molar-refractivity contribution in [1.29, 1.82) is 5.26 Å². The standard InChI is InChI=1S/C17H19N5OS/c1-13(16(23)20-15-4-2-14(12-18)3-5-15)21-7-9-22(10-8-21)17-19-6-11-24-17/h2-6,11,13H,7-10H2,1H3,(H,20,23). The summed E-state index contributed by atoms with van der Waals surface area (Å²) in [5, 5.41) is 14.7. The number of nitrogens with one attached hydrogen (secondary N) is 1. The first kappa shape index (κ1) is 16.4. The number of piperazine rings is 1. The van der Waals surface area contributed by atoms with Gasteiger partial charge in [0.1, 0.15) is 0 Å². The van der Waals surface area contributed by atoms with E-state index in [-0.39, 0.29) is 11.9 Å². The zero-order valence-electron chi connectivity index (χ0n) is 13.5. The van der Waals surface area contributed by atoms with Gasteiger partial charge < -0.3 is 10.2 Å². The molecule has 1 saturated heterocycles. The van der Waals surface area contributed by atoms with Gasteiger partial charge in [0.25, 0.3) is 0 Å². The van der Waals surface area contributed by atoms with E-state index in [4.69, 9.17) is 5.26 Å². The molecule has 24 heavy (non-hydrogen) atoms.